The molecule has 0 spiro atoms. The van der Waals surface area contributed by atoms with E-state index in [-0.39, 0.29) is 0 Å². The summed E-state index contributed by atoms with van der Waals surface area (Å²) in [7, 11) is 0. The number of nitrogens with two attached hydrogens (primary N) is 1. The second kappa shape index (κ2) is 7.52. The average molecular weight is 249 g/mol. The summed E-state index contributed by atoms with van der Waals surface area (Å²) in [5, 5.41) is 0. The molecular weight excluding hydrogens is 226 g/mol. The number of benzene rings is 1. The first kappa shape index (κ1) is 13.5. The van der Waals surface area contributed by atoms with Crippen LogP contribution in [0.25, 0.3) is 0 Å². The van der Waals surface area contributed by atoms with Crippen LogP contribution < -0.4 is 5.73 Å². The third-order valence-electron chi connectivity index (χ3n) is 3.37. The normalized spacial score (nSPS) is 19.9. The van der Waals surface area contributed by atoms with Crippen molar-refractivity contribution in [2.24, 2.45) is 5.73 Å². The van der Waals surface area contributed by atoms with E-state index < -0.39 is 0 Å². The van der Waals surface area contributed by atoms with Gasteiger partial charge in [0.2, 0.25) is 0 Å². The van der Waals surface area contributed by atoms with Gasteiger partial charge in [0.25, 0.3) is 0 Å². The molecule has 0 aliphatic carbocycles. The van der Waals surface area contributed by atoms with Gasteiger partial charge in [-0.3, -0.25) is 0 Å². The Hall–Kier alpha value is -0.900. The van der Waals surface area contributed by atoms with E-state index in [9.17, 15) is 0 Å². The highest BCUT2D eigenvalue weighted by Crippen LogP contribution is 2.15. The van der Waals surface area contributed by atoms with E-state index in [2.05, 4.69) is 24.3 Å². The van der Waals surface area contributed by atoms with Gasteiger partial charge in [0, 0.05) is 6.61 Å². The molecule has 1 fully saturated rings. The van der Waals surface area contributed by atoms with Crippen molar-refractivity contribution in [2.75, 3.05) is 19.8 Å². The highest BCUT2D eigenvalue weighted by Gasteiger charge is 2.13. The van der Waals surface area contributed by atoms with Gasteiger partial charge in [0.1, 0.15) is 0 Å². The van der Waals surface area contributed by atoms with Crippen molar-refractivity contribution in [1.29, 1.82) is 0 Å². The zero-order valence-electron chi connectivity index (χ0n) is 10.9. The van der Waals surface area contributed by atoms with Crippen LogP contribution in [0.1, 0.15) is 30.4 Å². The third kappa shape index (κ3) is 4.09. The Bertz CT molecular complexity index is 348. The summed E-state index contributed by atoms with van der Waals surface area (Å²) in [6.07, 6.45) is 4.79. The van der Waals surface area contributed by atoms with Crippen molar-refractivity contribution in [3.05, 3.63) is 35.4 Å². The monoisotopic (exact) mass is 249 g/mol. The Morgan fingerprint density at radius 2 is 2.06 bits per heavy atom. The van der Waals surface area contributed by atoms with E-state index in [0.717, 1.165) is 19.4 Å². The molecule has 1 unspecified atom stereocenters. The molecule has 1 heterocycles. The van der Waals surface area contributed by atoms with Crippen LogP contribution in [-0.2, 0) is 22.5 Å². The molecule has 1 aromatic carbocycles. The van der Waals surface area contributed by atoms with Crippen LogP contribution in [0.2, 0.25) is 0 Å². The molecule has 0 bridgehead atoms. The first-order valence-electron chi connectivity index (χ1n) is 6.86. The Morgan fingerprint density at radius 3 is 2.78 bits per heavy atom. The van der Waals surface area contributed by atoms with Gasteiger partial charge >= 0.3 is 0 Å². The molecule has 1 aliphatic rings. The summed E-state index contributed by atoms with van der Waals surface area (Å²) in [6.45, 7) is 2.94. The fraction of sp³-hybridized carbons (Fsp3) is 0.600. The van der Waals surface area contributed by atoms with E-state index >= 15 is 0 Å². The van der Waals surface area contributed by atoms with Gasteiger partial charge in [-0.25, -0.2) is 0 Å². The van der Waals surface area contributed by atoms with Gasteiger partial charge < -0.3 is 15.2 Å². The van der Waals surface area contributed by atoms with Gasteiger partial charge in [-0.1, -0.05) is 24.3 Å². The van der Waals surface area contributed by atoms with Crippen LogP contribution in [0.4, 0.5) is 0 Å². The molecule has 2 rings (SSSR count). The molecule has 0 aromatic heterocycles. The zero-order chi connectivity index (χ0) is 12.6. The lowest BCUT2D eigenvalue weighted by Gasteiger charge is -2.22. The van der Waals surface area contributed by atoms with Crippen molar-refractivity contribution >= 4 is 0 Å². The number of hydrogen-bond donors (Lipinski definition) is 1. The first-order chi connectivity index (χ1) is 8.90. The second-order valence-electron chi connectivity index (χ2n) is 4.81. The molecular formula is C15H23NO2. The fourth-order valence-electron chi connectivity index (χ4n) is 2.34. The van der Waals surface area contributed by atoms with Crippen molar-refractivity contribution in [1.82, 2.24) is 0 Å². The minimum Gasteiger partial charge on any atom is -0.376 e. The van der Waals surface area contributed by atoms with Gasteiger partial charge in [0.15, 0.2) is 0 Å². The average Bonchev–Trinajstić information content (AvgIpc) is 2.42. The minimum absolute atomic E-state index is 0.292. The molecule has 0 radical (unpaired) electrons. The maximum absolute atomic E-state index is 5.78. The fourth-order valence-corrected chi connectivity index (χ4v) is 2.34. The predicted octanol–water partition coefficient (Wildman–Crippen LogP) is 2.27. The number of rotatable bonds is 6. The van der Waals surface area contributed by atoms with Crippen LogP contribution in [-0.4, -0.2) is 25.9 Å². The standard InChI is InChI=1S/C15H23NO2/c16-9-8-13-5-1-2-6-14(13)11-17-12-15-7-3-4-10-18-15/h1-2,5-6,15H,3-4,7-12,16H2. The maximum atomic E-state index is 5.78. The van der Waals surface area contributed by atoms with Crippen molar-refractivity contribution < 1.29 is 9.47 Å². The van der Waals surface area contributed by atoms with Gasteiger partial charge in [-0.15, -0.1) is 0 Å². The molecule has 18 heavy (non-hydrogen) atoms. The van der Waals surface area contributed by atoms with E-state index in [1.165, 1.54) is 24.0 Å². The van der Waals surface area contributed by atoms with Gasteiger partial charge in [0.05, 0.1) is 19.3 Å². The maximum Gasteiger partial charge on any atom is 0.0808 e. The number of hydrogen-bond acceptors (Lipinski definition) is 3. The Labute approximate surface area is 109 Å². The molecule has 1 aliphatic heterocycles. The summed E-state index contributed by atoms with van der Waals surface area (Å²) < 4.78 is 11.4. The van der Waals surface area contributed by atoms with Crippen molar-refractivity contribution in [3.63, 3.8) is 0 Å². The molecule has 0 amide bonds. The van der Waals surface area contributed by atoms with Crippen LogP contribution in [0.15, 0.2) is 24.3 Å². The Balaban J connectivity index is 1.78. The summed E-state index contributed by atoms with van der Waals surface area (Å²) in [5.74, 6) is 0. The minimum atomic E-state index is 0.292. The molecule has 3 nitrogen and oxygen atoms in total. The smallest absolute Gasteiger partial charge is 0.0808 e. The Morgan fingerprint density at radius 1 is 1.22 bits per heavy atom. The quantitative estimate of drug-likeness (QED) is 0.841. The summed E-state index contributed by atoms with van der Waals surface area (Å²) in [5.41, 5.74) is 8.16. The van der Waals surface area contributed by atoms with Crippen molar-refractivity contribution in [2.45, 2.75) is 38.4 Å². The lowest BCUT2D eigenvalue weighted by Crippen LogP contribution is -2.24. The summed E-state index contributed by atoms with van der Waals surface area (Å²) in [4.78, 5) is 0. The Kier molecular flexibility index (Phi) is 5.65. The molecule has 2 N–H and O–H groups in total. The van der Waals surface area contributed by atoms with E-state index in [1.54, 1.807) is 0 Å². The predicted molar refractivity (Wildman–Crippen MR) is 72.4 cm³/mol. The zero-order valence-corrected chi connectivity index (χ0v) is 10.9. The SMILES string of the molecule is NCCc1ccccc1COCC1CCCCO1. The molecule has 0 saturated carbocycles. The molecule has 3 heteroatoms. The first-order valence-corrected chi connectivity index (χ1v) is 6.86. The van der Waals surface area contributed by atoms with Crippen LogP contribution in [0.3, 0.4) is 0 Å². The third-order valence-corrected chi connectivity index (χ3v) is 3.37. The van der Waals surface area contributed by atoms with Crippen LogP contribution in [0.5, 0.6) is 0 Å². The summed E-state index contributed by atoms with van der Waals surface area (Å²) in [6, 6.07) is 8.35. The largest absolute Gasteiger partial charge is 0.376 e. The number of ether oxygens (including phenoxy) is 2. The molecule has 1 atom stereocenters. The highest BCUT2D eigenvalue weighted by molar-refractivity contribution is 5.26. The van der Waals surface area contributed by atoms with Crippen LogP contribution >= 0.6 is 0 Å². The lowest BCUT2D eigenvalue weighted by molar-refractivity contribution is -0.0448. The van der Waals surface area contributed by atoms with Crippen molar-refractivity contribution in [3.8, 4) is 0 Å². The second-order valence-corrected chi connectivity index (χ2v) is 4.81. The topological polar surface area (TPSA) is 44.5 Å². The molecule has 100 valence electrons. The summed E-state index contributed by atoms with van der Waals surface area (Å²) >= 11 is 0. The molecule has 1 saturated heterocycles. The van der Waals surface area contributed by atoms with Gasteiger partial charge in [-0.05, 0) is 43.4 Å². The lowest BCUT2D eigenvalue weighted by atomic mass is 10.1. The molecule has 1 aromatic rings. The van der Waals surface area contributed by atoms with E-state index in [1.807, 2.05) is 0 Å². The van der Waals surface area contributed by atoms with E-state index in [4.69, 9.17) is 15.2 Å². The van der Waals surface area contributed by atoms with Crippen LogP contribution in [0, 0.1) is 0 Å². The highest BCUT2D eigenvalue weighted by atomic mass is 16.5. The van der Waals surface area contributed by atoms with Gasteiger partial charge in [-0.2, -0.15) is 0 Å². The van der Waals surface area contributed by atoms with E-state index in [0.29, 0.717) is 25.9 Å².